The van der Waals surface area contributed by atoms with Crippen LogP contribution in [0, 0.1) is 0 Å². The number of anilines is 1. The van der Waals surface area contributed by atoms with Gasteiger partial charge >= 0.3 is 0 Å². The summed E-state index contributed by atoms with van der Waals surface area (Å²) in [7, 11) is 1.82. The van der Waals surface area contributed by atoms with Crippen LogP contribution in [-0.2, 0) is 4.79 Å². The predicted molar refractivity (Wildman–Crippen MR) is 129 cm³/mol. The molecule has 0 bridgehead atoms. The maximum Gasteiger partial charge on any atom is 0.245 e. The first-order valence-electron chi connectivity index (χ1n) is 10.9. The Morgan fingerprint density at radius 2 is 1.82 bits per heavy atom. The third-order valence-corrected chi connectivity index (χ3v) is 6.26. The molecule has 0 spiro atoms. The summed E-state index contributed by atoms with van der Waals surface area (Å²) in [6.07, 6.45) is 4.73. The van der Waals surface area contributed by atoms with Gasteiger partial charge in [-0.2, -0.15) is 5.10 Å². The number of pyridine rings is 1. The SMILES string of the molecule is C=CC(=O)N(C)[C@H]1C[C@@H](n2nc(-c3ccc(Oc4ccccc4)cc3)c3c(N)nccc32)C1. The standard InChI is InChI=1S/C26H25N5O2/c1-3-23(32)30(2)18-15-19(16-18)31-22-13-14-28-26(27)24(22)25(29-31)17-9-11-21(12-10-17)33-20-7-5-4-6-8-20/h3-14,18-19H,1,15-16H2,2H3,(H2,27,28)/t18-,19+. The van der Waals surface area contributed by atoms with Gasteiger partial charge in [0.2, 0.25) is 5.91 Å². The Morgan fingerprint density at radius 3 is 2.52 bits per heavy atom. The molecule has 7 nitrogen and oxygen atoms in total. The Hall–Kier alpha value is -4.13. The van der Waals surface area contributed by atoms with Gasteiger partial charge in [-0.25, -0.2) is 4.98 Å². The molecule has 2 aromatic heterocycles. The molecule has 0 aliphatic heterocycles. The van der Waals surface area contributed by atoms with Gasteiger partial charge in [0.15, 0.2) is 0 Å². The number of ether oxygens (including phenoxy) is 1. The molecular formula is C26H25N5O2. The van der Waals surface area contributed by atoms with Crippen LogP contribution in [0.5, 0.6) is 11.5 Å². The lowest BCUT2D eigenvalue weighted by molar-refractivity contribution is -0.129. The van der Waals surface area contributed by atoms with Gasteiger partial charge < -0.3 is 15.4 Å². The molecule has 0 atom stereocenters. The molecule has 2 N–H and O–H groups in total. The normalized spacial score (nSPS) is 17.4. The number of nitrogens with two attached hydrogens (primary N) is 1. The Bertz CT molecular complexity index is 1310. The van der Waals surface area contributed by atoms with Crippen molar-refractivity contribution >= 4 is 22.6 Å². The van der Waals surface area contributed by atoms with Crippen molar-refractivity contribution in [1.29, 1.82) is 0 Å². The van der Waals surface area contributed by atoms with Gasteiger partial charge in [-0.15, -0.1) is 0 Å². The number of rotatable bonds is 6. The van der Waals surface area contributed by atoms with Crippen LogP contribution in [0.1, 0.15) is 18.9 Å². The van der Waals surface area contributed by atoms with Gasteiger partial charge in [-0.1, -0.05) is 24.8 Å². The highest BCUT2D eigenvalue weighted by atomic mass is 16.5. The molecular weight excluding hydrogens is 414 g/mol. The molecule has 4 aromatic rings. The summed E-state index contributed by atoms with van der Waals surface area (Å²) in [5.74, 6) is 1.92. The topological polar surface area (TPSA) is 86.3 Å². The van der Waals surface area contributed by atoms with Gasteiger partial charge in [-0.05, 0) is 61.4 Å². The van der Waals surface area contributed by atoms with Gasteiger partial charge in [0.05, 0.1) is 16.9 Å². The summed E-state index contributed by atoms with van der Waals surface area (Å²) in [6.45, 7) is 3.58. The summed E-state index contributed by atoms with van der Waals surface area (Å²) in [6, 6.07) is 19.8. The molecule has 2 heterocycles. The fraction of sp³-hybridized carbons (Fsp3) is 0.192. The third-order valence-electron chi connectivity index (χ3n) is 6.26. The minimum absolute atomic E-state index is 0.0595. The van der Waals surface area contributed by atoms with Crippen molar-refractivity contribution in [3.63, 3.8) is 0 Å². The number of nitrogens with zero attached hydrogens (tertiary/aromatic N) is 4. The first-order valence-corrected chi connectivity index (χ1v) is 10.9. The number of hydrogen-bond donors (Lipinski definition) is 1. The van der Waals surface area contributed by atoms with Crippen molar-refractivity contribution in [2.24, 2.45) is 0 Å². The second kappa shape index (κ2) is 8.43. The van der Waals surface area contributed by atoms with E-state index in [4.69, 9.17) is 15.6 Å². The fourth-order valence-corrected chi connectivity index (χ4v) is 4.30. The number of aromatic nitrogens is 3. The zero-order chi connectivity index (χ0) is 22.9. The average molecular weight is 440 g/mol. The smallest absolute Gasteiger partial charge is 0.245 e. The van der Waals surface area contributed by atoms with Crippen molar-refractivity contribution in [3.8, 4) is 22.8 Å². The highest BCUT2D eigenvalue weighted by Crippen LogP contribution is 2.40. The van der Waals surface area contributed by atoms with E-state index in [-0.39, 0.29) is 18.0 Å². The van der Waals surface area contributed by atoms with E-state index >= 15 is 0 Å². The highest BCUT2D eigenvalue weighted by molar-refractivity contribution is 6.00. The van der Waals surface area contributed by atoms with Crippen LogP contribution >= 0.6 is 0 Å². The lowest BCUT2D eigenvalue weighted by Crippen LogP contribution is -2.45. The Morgan fingerprint density at radius 1 is 1.12 bits per heavy atom. The molecule has 5 rings (SSSR count). The van der Waals surface area contributed by atoms with Gasteiger partial charge in [-0.3, -0.25) is 9.48 Å². The number of likely N-dealkylation sites (N-methyl/N-ethyl adjacent to an activating group) is 1. The van der Waals surface area contributed by atoms with Gasteiger partial charge in [0.25, 0.3) is 0 Å². The Balaban J connectivity index is 1.44. The number of hydrogen-bond acceptors (Lipinski definition) is 5. The number of carbonyl (C=O) groups is 1. The largest absolute Gasteiger partial charge is 0.457 e. The van der Waals surface area contributed by atoms with Crippen molar-refractivity contribution in [1.82, 2.24) is 19.7 Å². The van der Waals surface area contributed by atoms with E-state index in [2.05, 4.69) is 11.6 Å². The molecule has 33 heavy (non-hydrogen) atoms. The highest BCUT2D eigenvalue weighted by Gasteiger charge is 2.36. The predicted octanol–water partition coefficient (Wildman–Crippen LogP) is 4.82. The van der Waals surface area contributed by atoms with Crippen LogP contribution in [0.15, 0.2) is 79.5 Å². The molecule has 1 aliphatic carbocycles. The Labute approximate surface area is 192 Å². The second-order valence-electron chi connectivity index (χ2n) is 8.26. The zero-order valence-electron chi connectivity index (χ0n) is 18.4. The third kappa shape index (κ3) is 3.82. The summed E-state index contributed by atoms with van der Waals surface area (Å²) in [4.78, 5) is 18.0. The molecule has 0 radical (unpaired) electrons. The summed E-state index contributed by atoms with van der Waals surface area (Å²) in [5, 5.41) is 5.79. The maximum atomic E-state index is 11.9. The van der Waals surface area contributed by atoms with Crippen LogP contribution in [0.3, 0.4) is 0 Å². The minimum Gasteiger partial charge on any atom is -0.457 e. The molecule has 1 aliphatic rings. The van der Waals surface area contributed by atoms with E-state index in [1.54, 1.807) is 11.1 Å². The molecule has 1 saturated carbocycles. The summed E-state index contributed by atoms with van der Waals surface area (Å²) in [5.41, 5.74) is 8.96. The molecule has 166 valence electrons. The lowest BCUT2D eigenvalue weighted by Gasteiger charge is -2.41. The molecule has 2 aromatic carbocycles. The van der Waals surface area contributed by atoms with Crippen molar-refractivity contribution in [3.05, 3.63) is 79.5 Å². The Kier molecular flexibility index (Phi) is 5.30. The van der Waals surface area contributed by atoms with E-state index in [0.29, 0.717) is 5.82 Å². The van der Waals surface area contributed by atoms with Crippen molar-refractivity contribution < 1.29 is 9.53 Å². The number of amides is 1. The van der Waals surface area contributed by atoms with Gasteiger partial charge in [0.1, 0.15) is 23.0 Å². The van der Waals surface area contributed by atoms with E-state index in [1.165, 1.54) is 6.08 Å². The van der Waals surface area contributed by atoms with Crippen LogP contribution in [0.2, 0.25) is 0 Å². The van der Waals surface area contributed by atoms with Crippen molar-refractivity contribution in [2.45, 2.75) is 24.9 Å². The molecule has 0 unspecified atom stereocenters. The van der Waals surface area contributed by atoms with E-state index in [0.717, 1.165) is 46.5 Å². The second-order valence-corrected chi connectivity index (χ2v) is 8.26. The number of nitrogen functional groups attached to an aromatic ring is 1. The van der Waals surface area contributed by atoms with Crippen LogP contribution in [0.4, 0.5) is 5.82 Å². The van der Waals surface area contributed by atoms with Crippen LogP contribution in [-0.4, -0.2) is 38.7 Å². The molecule has 0 saturated heterocycles. The van der Waals surface area contributed by atoms with Gasteiger partial charge in [0, 0.05) is 24.8 Å². The first-order chi connectivity index (χ1) is 16.0. The van der Waals surface area contributed by atoms with Crippen LogP contribution in [0.25, 0.3) is 22.2 Å². The number of carbonyl (C=O) groups excluding carboxylic acids is 1. The van der Waals surface area contributed by atoms with E-state index < -0.39 is 0 Å². The lowest BCUT2D eigenvalue weighted by atomic mass is 9.85. The molecule has 7 heteroatoms. The fourth-order valence-electron chi connectivity index (χ4n) is 4.30. The molecule has 1 fully saturated rings. The van der Waals surface area contributed by atoms with Crippen LogP contribution < -0.4 is 10.5 Å². The number of fused-ring (bicyclic) bond motifs is 1. The number of benzene rings is 2. The average Bonchev–Trinajstić information content (AvgIpc) is 3.19. The minimum atomic E-state index is -0.0595. The summed E-state index contributed by atoms with van der Waals surface area (Å²) >= 11 is 0. The molecule has 1 amide bonds. The number of para-hydroxylation sites is 1. The van der Waals surface area contributed by atoms with E-state index in [1.807, 2.05) is 72.4 Å². The zero-order valence-corrected chi connectivity index (χ0v) is 18.4. The first kappa shape index (κ1) is 20.8. The quantitative estimate of drug-likeness (QED) is 0.435. The summed E-state index contributed by atoms with van der Waals surface area (Å²) < 4.78 is 7.94. The maximum absolute atomic E-state index is 11.9. The van der Waals surface area contributed by atoms with E-state index in [9.17, 15) is 4.79 Å². The van der Waals surface area contributed by atoms with Crippen molar-refractivity contribution in [2.75, 3.05) is 12.8 Å². The monoisotopic (exact) mass is 439 g/mol.